The maximum Gasteiger partial charge on any atom is 0.251 e. The Morgan fingerprint density at radius 2 is 1.61 bits per heavy atom. The van der Waals surface area contributed by atoms with E-state index >= 15 is 0 Å². The van der Waals surface area contributed by atoms with E-state index < -0.39 is 0 Å². The van der Waals surface area contributed by atoms with E-state index in [2.05, 4.69) is 10.6 Å². The van der Waals surface area contributed by atoms with Gasteiger partial charge in [0.15, 0.2) is 0 Å². The minimum Gasteiger partial charge on any atom is -0.352 e. The average Bonchev–Trinajstić information content (AvgIpc) is 2.51. The summed E-state index contributed by atoms with van der Waals surface area (Å²) in [7, 11) is 0. The van der Waals surface area contributed by atoms with Crippen molar-refractivity contribution >= 4 is 52.3 Å². The van der Waals surface area contributed by atoms with Gasteiger partial charge in [0.05, 0.1) is 10.0 Å². The highest BCUT2D eigenvalue weighted by molar-refractivity contribution is 6.42. The number of carbonyl (C=O) groups excluding carboxylic acids is 2. The molecule has 4 nitrogen and oxygen atoms in total. The summed E-state index contributed by atoms with van der Waals surface area (Å²) < 4.78 is 0. The van der Waals surface area contributed by atoms with Crippen LogP contribution in [0, 0.1) is 0 Å². The predicted octanol–water partition coefficient (Wildman–Crippen LogP) is 4.41. The maximum absolute atomic E-state index is 11.9. The van der Waals surface area contributed by atoms with Gasteiger partial charge in [0, 0.05) is 29.2 Å². The molecule has 2 amide bonds. The monoisotopic (exact) mass is 370 g/mol. The van der Waals surface area contributed by atoms with Crippen LogP contribution in [0.3, 0.4) is 0 Å². The standard InChI is InChI=1S/C16H13Cl3N2O2/c17-11-3-1-10(2-4-11)16(23)20-8-7-15(22)21-12-5-6-13(18)14(19)9-12/h1-6,9H,7-8H2,(H,20,23)(H,21,22). The van der Waals surface area contributed by atoms with Gasteiger partial charge < -0.3 is 10.6 Å². The van der Waals surface area contributed by atoms with Gasteiger partial charge in [0.1, 0.15) is 0 Å². The molecule has 0 saturated carbocycles. The molecule has 0 spiro atoms. The molecule has 0 heterocycles. The molecule has 0 bridgehead atoms. The van der Waals surface area contributed by atoms with Crippen molar-refractivity contribution in [1.82, 2.24) is 5.32 Å². The Balaban J connectivity index is 1.79. The lowest BCUT2D eigenvalue weighted by atomic mass is 10.2. The van der Waals surface area contributed by atoms with E-state index in [-0.39, 0.29) is 24.8 Å². The third-order valence-electron chi connectivity index (χ3n) is 2.95. The fourth-order valence-electron chi connectivity index (χ4n) is 1.79. The SMILES string of the molecule is O=C(CCNC(=O)c1ccc(Cl)cc1)Nc1ccc(Cl)c(Cl)c1. The second-order valence-electron chi connectivity index (χ2n) is 4.69. The second-order valence-corrected chi connectivity index (χ2v) is 5.94. The zero-order valence-electron chi connectivity index (χ0n) is 11.9. The van der Waals surface area contributed by atoms with Gasteiger partial charge in [-0.05, 0) is 42.5 Å². The maximum atomic E-state index is 11.9. The second kappa shape index (κ2) is 8.20. The van der Waals surface area contributed by atoms with Crippen LogP contribution < -0.4 is 10.6 Å². The van der Waals surface area contributed by atoms with Crippen molar-refractivity contribution in [3.05, 3.63) is 63.1 Å². The first-order chi connectivity index (χ1) is 11.0. The summed E-state index contributed by atoms with van der Waals surface area (Å²) in [6, 6.07) is 11.3. The van der Waals surface area contributed by atoms with Crippen LogP contribution in [0.15, 0.2) is 42.5 Å². The molecule has 0 saturated heterocycles. The number of benzene rings is 2. The summed E-state index contributed by atoms with van der Waals surface area (Å²) in [5.41, 5.74) is 1.03. The Kier molecular flexibility index (Phi) is 6.28. The van der Waals surface area contributed by atoms with Crippen molar-refractivity contribution in [2.45, 2.75) is 6.42 Å². The first-order valence-corrected chi connectivity index (χ1v) is 7.88. The predicted molar refractivity (Wildman–Crippen MR) is 93.5 cm³/mol. The van der Waals surface area contributed by atoms with Crippen molar-refractivity contribution < 1.29 is 9.59 Å². The van der Waals surface area contributed by atoms with Gasteiger partial charge in [-0.25, -0.2) is 0 Å². The van der Waals surface area contributed by atoms with Crippen LogP contribution in [-0.4, -0.2) is 18.4 Å². The Labute approximate surface area is 148 Å². The first kappa shape index (κ1) is 17.6. The van der Waals surface area contributed by atoms with E-state index in [9.17, 15) is 9.59 Å². The van der Waals surface area contributed by atoms with E-state index in [1.165, 1.54) is 0 Å². The van der Waals surface area contributed by atoms with Crippen molar-refractivity contribution in [3.8, 4) is 0 Å². The largest absolute Gasteiger partial charge is 0.352 e. The molecule has 0 aromatic heterocycles. The van der Waals surface area contributed by atoms with Gasteiger partial charge in [-0.3, -0.25) is 9.59 Å². The van der Waals surface area contributed by atoms with Crippen LogP contribution in [0.2, 0.25) is 15.1 Å². The molecule has 7 heteroatoms. The van der Waals surface area contributed by atoms with Gasteiger partial charge >= 0.3 is 0 Å². The lowest BCUT2D eigenvalue weighted by molar-refractivity contribution is -0.116. The van der Waals surface area contributed by atoms with Crippen molar-refractivity contribution in [2.24, 2.45) is 0 Å². The Hall–Kier alpha value is -1.75. The summed E-state index contributed by atoms with van der Waals surface area (Å²) in [6.07, 6.45) is 0.138. The molecule has 0 aliphatic rings. The number of hydrogen-bond acceptors (Lipinski definition) is 2. The van der Waals surface area contributed by atoms with Gasteiger partial charge in [0.2, 0.25) is 5.91 Å². The van der Waals surface area contributed by atoms with Crippen LogP contribution in [-0.2, 0) is 4.79 Å². The summed E-state index contributed by atoms with van der Waals surface area (Å²) in [5.74, 6) is -0.496. The molecule has 0 atom stereocenters. The number of nitrogens with one attached hydrogen (secondary N) is 2. The number of anilines is 1. The van der Waals surface area contributed by atoms with Gasteiger partial charge in [-0.2, -0.15) is 0 Å². The lowest BCUT2D eigenvalue weighted by Gasteiger charge is -2.07. The molecule has 2 N–H and O–H groups in total. The lowest BCUT2D eigenvalue weighted by Crippen LogP contribution is -2.27. The number of amides is 2. The molecule has 0 aliphatic heterocycles. The van der Waals surface area contributed by atoms with E-state index in [0.717, 1.165) is 0 Å². The third kappa shape index (κ3) is 5.43. The van der Waals surface area contributed by atoms with Gasteiger partial charge in [-0.1, -0.05) is 34.8 Å². The summed E-state index contributed by atoms with van der Waals surface area (Å²) in [4.78, 5) is 23.7. The highest BCUT2D eigenvalue weighted by Crippen LogP contribution is 2.24. The van der Waals surface area contributed by atoms with Crippen LogP contribution in [0.5, 0.6) is 0 Å². The molecule has 0 aliphatic carbocycles. The summed E-state index contributed by atoms with van der Waals surface area (Å²) >= 11 is 17.4. The van der Waals surface area contributed by atoms with E-state index in [0.29, 0.717) is 26.3 Å². The molecule has 0 radical (unpaired) electrons. The smallest absolute Gasteiger partial charge is 0.251 e. The summed E-state index contributed by atoms with van der Waals surface area (Å²) in [5, 5.41) is 6.68. The zero-order valence-corrected chi connectivity index (χ0v) is 14.2. The number of carbonyl (C=O) groups is 2. The molecular formula is C16H13Cl3N2O2. The molecular weight excluding hydrogens is 359 g/mol. The minimum absolute atomic E-state index is 0.138. The number of halogens is 3. The van der Waals surface area contributed by atoms with E-state index in [1.54, 1.807) is 42.5 Å². The molecule has 0 fully saturated rings. The minimum atomic E-state index is -0.260. The Morgan fingerprint density at radius 1 is 0.913 bits per heavy atom. The zero-order chi connectivity index (χ0) is 16.8. The fourth-order valence-corrected chi connectivity index (χ4v) is 2.21. The first-order valence-electron chi connectivity index (χ1n) is 6.74. The summed E-state index contributed by atoms with van der Waals surface area (Å²) in [6.45, 7) is 0.217. The average molecular weight is 372 g/mol. The van der Waals surface area contributed by atoms with Crippen LogP contribution in [0.1, 0.15) is 16.8 Å². The molecule has 23 heavy (non-hydrogen) atoms. The Morgan fingerprint density at radius 3 is 2.26 bits per heavy atom. The normalized spacial score (nSPS) is 10.2. The third-order valence-corrected chi connectivity index (χ3v) is 3.94. The van der Waals surface area contributed by atoms with Crippen molar-refractivity contribution in [2.75, 3.05) is 11.9 Å². The highest BCUT2D eigenvalue weighted by Gasteiger charge is 2.07. The number of hydrogen-bond donors (Lipinski definition) is 2. The molecule has 2 aromatic carbocycles. The highest BCUT2D eigenvalue weighted by atomic mass is 35.5. The van der Waals surface area contributed by atoms with Crippen molar-refractivity contribution in [3.63, 3.8) is 0 Å². The van der Waals surface area contributed by atoms with Crippen molar-refractivity contribution in [1.29, 1.82) is 0 Å². The van der Waals surface area contributed by atoms with Gasteiger partial charge in [0.25, 0.3) is 5.91 Å². The van der Waals surface area contributed by atoms with Gasteiger partial charge in [-0.15, -0.1) is 0 Å². The Bertz CT molecular complexity index is 718. The van der Waals surface area contributed by atoms with Crippen LogP contribution in [0.25, 0.3) is 0 Å². The molecule has 2 rings (SSSR count). The molecule has 0 unspecified atom stereocenters. The quantitative estimate of drug-likeness (QED) is 0.818. The fraction of sp³-hybridized carbons (Fsp3) is 0.125. The van der Waals surface area contributed by atoms with E-state index in [4.69, 9.17) is 34.8 Å². The molecule has 2 aromatic rings. The topological polar surface area (TPSA) is 58.2 Å². The number of rotatable bonds is 5. The molecule has 120 valence electrons. The van der Waals surface area contributed by atoms with Crippen LogP contribution in [0.4, 0.5) is 5.69 Å². The van der Waals surface area contributed by atoms with E-state index in [1.807, 2.05) is 0 Å². The van der Waals surface area contributed by atoms with Crippen LogP contribution >= 0.6 is 34.8 Å².